The SMILES string of the molecule is NC1CCN(Cc2ccc3cncc(-c4ccccc4)c3c2)CC1. The second-order valence-corrected chi connectivity index (χ2v) is 6.72. The Hall–Kier alpha value is -2.23. The lowest BCUT2D eigenvalue weighted by atomic mass is 9.98. The maximum Gasteiger partial charge on any atom is 0.0352 e. The molecule has 122 valence electrons. The average Bonchev–Trinajstić information content (AvgIpc) is 2.64. The van der Waals surface area contributed by atoms with Crippen molar-refractivity contribution in [1.29, 1.82) is 0 Å². The van der Waals surface area contributed by atoms with E-state index in [9.17, 15) is 0 Å². The summed E-state index contributed by atoms with van der Waals surface area (Å²) < 4.78 is 0. The van der Waals surface area contributed by atoms with Crippen molar-refractivity contribution in [1.82, 2.24) is 9.88 Å². The number of hydrogen-bond donors (Lipinski definition) is 1. The third-order valence-corrected chi connectivity index (χ3v) is 4.95. The summed E-state index contributed by atoms with van der Waals surface area (Å²) in [5.41, 5.74) is 9.80. The average molecular weight is 317 g/mol. The first-order chi connectivity index (χ1) is 11.8. The molecule has 1 fully saturated rings. The molecular weight excluding hydrogens is 294 g/mol. The minimum Gasteiger partial charge on any atom is -0.328 e. The molecule has 0 saturated carbocycles. The fourth-order valence-corrected chi connectivity index (χ4v) is 3.53. The van der Waals surface area contributed by atoms with Gasteiger partial charge in [-0.2, -0.15) is 0 Å². The minimum atomic E-state index is 0.383. The summed E-state index contributed by atoms with van der Waals surface area (Å²) in [7, 11) is 0. The molecule has 1 aliphatic heterocycles. The van der Waals surface area contributed by atoms with E-state index >= 15 is 0 Å². The van der Waals surface area contributed by atoms with E-state index in [1.54, 1.807) is 0 Å². The summed E-state index contributed by atoms with van der Waals surface area (Å²) in [5, 5.41) is 2.48. The second kappa shape index (κ2) is 6.71. The predicted octanol–water partition coefficient (Wildman–Crippen LogP) is 3.82. The molecule has 2 aromatic carbocycles. The third kappa shape index (κ3) is 3.18. The topological polar surface area (TPSA) is 42.1 Å². The Kier molecular flexibility index (Phi) is 4.28. The highest BCUT2D eigenvalue weighted by molar-refractivity contribution is 5.96. The van der Waals surface area contributed by atoms with Gasteiger partial charge in [0.2, 0.25) is 0 Å². The number of likely N-dealkylation sites (tertiary alicyclic amines) is 1. The summed E-state index contributed by atoms with van der Waals surface area (Å²) in [6.07, 6.45) is 6.13. The standard InChI is InChI=1S/C21H23N3/c22-19-8-10-24(11-9-19)15-16-6-7-18-13-23-14-21(20(18)12-16)17-4-2-1-3-5-17/h1-7,12-14,19H,8-11,15,22H2. The van der Waals surface area contributed by atoms with Crippen molar-refractivity contribution < 1.29 is 0 Å². The number of nitrogens with two attached hydrogens (primary N) is 1. The van der Waals surface area contributed by atoms with Crippen molar-refractivity contribution in [3.63, 3.8) is 0 Å². The van der Waals surface area contributed by atoms with E-state index in [-0.39, 0.29) is 0 Å². The summed E-state index contributed by atoms with van der Waals surface area (Å²) in [6, 6.07) is 17.6. The van der Waals surface area contributed by atoms with Crippen LogP contribution in [0.1, 0.15) is 18.4 Å². The summed E-state index contributed by atoms with van der Waals surface area (Å²) in [4.78, 5) is 6.93. The first-order valence-electron chi connectivity index (χ1n) is 8.69. The van der Waals surface area contributed by atoms with Gasteiger partial charge in [-0.15, -0.1) is 0 Å². The molecule has 0 spiro atoms. The number of fused-ring (bicyclic) bond motifs is 1. The molecule has 0 radical (unpaired) electrons. The van der Waals surface area contributed by atoms with Crippen LogP contribution in [0.5, 0.6) is 0 Å². The summed E-state index contributed by atoms with van der Waals surface area (Å²) in [5.74, 6) is 0. The highest BCUT2D eigenvalue weighted by atomic mass is 15.1. The van der Waals surface area contributed by atoms with Crippen LogP contribution in [0.15, 0.2) is 60.9 Å². The van der Waals surface area contributed by atoms with Crippen molar-refractivity contribution in [3.05, 3.63) is 66.5 Å². The van der Waals surface area contributed by atoms with Crippen LogP contribution < -0.4 is 5.73 Å². The Bertz CT molecular complexity index is 821. The Labute approximate surface area is 143 Å². The molecule has 0 aliphatic carbocycles. The van der Waals surface area contributed by atoms with E-state index in [4.69, 9.17) is 5.73 Å². The van der Waals surface area contributed by atoms with Crippen LogP contribution in [0.2, 0.25) is 0 Å². The van der Waals surface area contributed by atoms with Gasteiger partial charge in [-0.05, 0) is 48.5 Å². The molecule has 2 heterocycles. The Morgan fingerprint density at radius 2 is 1.79 bits per heavy atom. The lowest BCUT2D eigenvalue weighted by Crippen LogP contribution is -2.39. The van der Waals surface area contributed by atoms with Gasteiger partial charge in [0.1, 0.15) is 0 Å². The molecule has 0 atom stereocenters. The molecular formula is C21H23N3. The number of rotatable bonds is 3. The normalized spacial score (nSPS) is 16.5. The maximum absolute atomic E-state index is 6.02. The minimum absolute atomic E-state index is 0.383. The predicted molar refractivity (Wildman–Crippen MR) is 99.7 cm³/mol. The third-order valence-electron chi connectivity index (χ3n) is 4.95. The van der Waals surface area contributed by atoms with Crippen LogP contribution >= 0.6 is 0 Å². The van der Waals surface area contributed by atoms with Crippen LogP contribution in [-0.2, 0) is 6.54 Å². The Balaban J connectivity index is 1.67. The molecule has 0 unspecified atom stereocenters. The first kappa shape index (κ1) is 15.3. The quantitative estimate of drug-likeness (QED) is 0.798. The van der Waals surface area contributed by atoms with Crippen molar-refractivity contribution in [2.45, 2.75) is 25.4 Å². The molecule has 3 heteroatoms. The van der Waals surface area contributed by atoms with Crippen LogP contribution in [-0.4, -0.2) is 29.0 Å². The van der Waals surface area contributed by atoms with Gasteiger partial charge < -0.3 is 5.73 Å². The second-order valence-electron chi connectivity index (χ2n) is 6.72. The van der Waals surface area contributed by atoms with Gasteiger partial charge in [0, 0.05) is 35.9 Å². The molecule has 3 nitrogen and oxygen atoms in total. The zero-order valence-electron chi connectivity index (χ0n) is 13.9. The number of aromatic nitrogens is 1. The molecule has 2 N–H and O–H groups in total. The van der Waals surface area contributed by atoms with E-state index in [2.05, 4.69) is 58.4 Å². The number of nitrogens with zero attached hydrogens (tertiary/aromatic N) is 2. The fraction of sp³-hybridized carbons (Fsp3) is 0.286. The number of hydrogen-bond acceptors (Lipinski definition) is 3. The van der Waals surface area contributed by atoms with E-state index in [1.807, 2.05) is 12.4 Å². The van der Waals surface area contributed by atoms with Crippen molar-refractivity contribution in [2.24, 2.45) is 5.73 Å². The lowest BCUT2D eigenvalue weighted by Gasteiger charge is -2.30. The van der Waals surface area contributed by atoms with Crippen molar-refractivity contribution in [2.75, 3.05) is 13.1 Å². The zero-order valence-corrected chi connectivity index (χ0v) is 13.9. The Morgan fingerprint density at radius 1 is 1.00 bits per heavy atom. The number of piperidine rings is 1. The van der Waals surface area contributed by atoms with Gasteiger partial charge in [0.05, 0.1) is 0 Å². The molecule has 24 heavy (non-hydrogen) atoms. The van der Waals surface area contributed by atoms with Crippen LogP contribution in [0.4, 0.5) is 0 Å². The number of pyridine rings is 1. The number of benzene rings is 2. The highest BCUT2D eigenvalue weighted by Gasteiger charge is 2.16. The van der Waals surface area contributed by atoms with Gasteiger partial charge in [0.15, 0.2) is 0 Å². The van der Waals surface area contributed by atoms with Gasteiger partial charge >= 0.3 is 0 Å². The van der Waals surface area contributed by atoms with E-state index in [1.165, 1.54) is 27.5 Å². The smallest absolute Gasteiger partial charge is 0.0352 e. The van der Waals surface area contributed by atoms with Gasteiger partial charge in [-0.3, -0.25) is 9.88 Å². The van der Waals surface area contributed by atoms with Crippen molar-refractivity contribution >= 4 is 10.8 Å². The van der Waals surface area contributed by atoms with E-state index in [0.717, 1.165) is 32.5 Å². The van der Waals surface area contributed by atoms with Crippen LogP contribution in [0.25, 0.3) is 21.9 Å². The largest absolute Gasteiger partial charge is 0.328 e. The molecule has 0 amide bonds. The van der Waals surface area contributed by atoms with Gasteiger partial charge in [-0.1, -0.05) is 42.5 Å². The maximum atomic E-state index is 6.02. The van der Waals surface area contributed by atoms with E-state index < -0.39 is 0 Å². The Morgan fingerprint density at radius 3 is 2.58 bits per heavy atom. The highest BCUT2D eigenvalue weighted by Crippen LogP contribution is 2.28. The monoisotopic (exact) mass is 317 g/mol. The summed E-state index contributed by atoms with van der Waals surface area (Å²) >= 11 is 0. The molecule has 1 saturated heterocycles. The molecule has 0 bridgehead atoms. The molecule has 1 aromatic heterocycles. The van der Waals surface area contributed by atoms with Crippen LogP contribution in [0.3, 0.4) is 0 Å². The molecule has 1 aliphatic rings. The first-order valence-corrected chi connectivity index (χ1v) is 8.69. The van der Waals surface area contributed by atoms with E-state index in [0.29, 0.717) is 6.04 Å². The van der Waals surface area contributed by atoms with Crippen LogP contribution in [0, 0.1) is 0 Å². The zero-order chi connectivity index (χ0) is 16.4. The molecule has 3 aromatic rings. The molecule has 4 rings (SSSR count). The van der Waals surface area contributed by atoms with Gasteiger partial charge in [0.25, 0.3) is 0 Å². The fourth-order valence-electron chi connectivity index (χ4n) is 3.53. The van der Waals surface area contributed by atoms with Gasteiger partial charge in [-0.25, -0.2) is 0 Å². The van der Waals surface area contributed by atoms with Crippen molar-refractivity contribution in [3.8, 4) is 11.1 Å². The lowest BCUT2D eigenvalue weighted by molar-refractivity contribution is 0.206. The summed E-state index contributed by atoms with van der Waals surface area (Å²) in [6.45, 7) is 3.20.